The molecule has 0 saturated heterocycles. The minimum atomic E-state index is -0.823. The first-order valence-corrected chi connectivity index (χ1v) is 7.13. The van der Waals surface area contributed by atoms with E-state index in [0.717, 1.165) is 4.88 Å². The Kier molecular flexibility index (Phi) is 4.89. The Labute approximate surface area is 124 Å². The van der Waals surface area contributed by atoms with E-state index in [0.29, 0.717) is 0 Å². The van der Waals surface area contributed by atoms with Crippen LogP contribution in [-0.2, 0) is 9.53 Å². The van der Waals surface area contributed by atoms with Crippen LogP contribution in [0.2, 0.25) is 0 Å². The first-order valence-electron chi connectivity index (χ1n) is 6.25. The van der Waals surface area contributed by atoms with Crippen LogP contribution in [-0.4, -0.2) is 23.5 Å². The summed E-state index contributed by atoms with van der Waals surface area (Å²) in [6, 6.07) is 6.50. The average Bonchev–Trinajstić information content (AvgIpc) is 2.99. The summed E-state index contributed by atoms with van der Waals surface area (Å²) in [4.78, 5) is 38.1. The van der Waals surface area contributed by atoms with Crippen molar-refractivity contribution in [3.63, 3.8) is 0 Å². The number of aromatic amines is 1. The van der Waals surface area contributed by atoms with Gasteiger partial charge in [0.25, 0.3) is 11.5 Å². The number of nitrogens with one attached hydrogen (secondary N) is 2. The second-order valence-electron chi connectivity index (χ2n) is 4.29. The number of pyridine rings is 1. The predicted molar refractivity (Wildman–Crippen MR) is 78.2 cm³/mol. The van der Waals surface area contributed by atoms with E-state index in [4.69, 9.17) is 4.74 Å². The molecule has 0 aliphatic rings. The van der Waals surface area contributed by atoms with Crippen molar-refractivity contribution < 1.29 is 14.3 Å². The summed E-state index contributed by atoms with van der Waals surface area (Å²) >= 11 is 1.53. The summed E-state index contributed by atoms with van der Waals surface area (Å²) in [5.74, 6) is -1.24. The van der Waals surface area contributed by atoms with Crippen LogP contribution in [0.1, 0.15) is 28.2 Å². The zero-order valence-corrected chi connectivity index (χ0v) is 12.1. The zero-order chi connectivity index (χ0) is 15.2. The third kappa shape index (κ3) is 4.03. The number of esters is 1. The highest BCUT2D eigenvalue weighted by atomic mass is 32.1. The molecule has 0 aliphatic heterocycles. The smallest absolute Gasteiger partial charge is 0.344 e. The van der Waals surface area contributed by atoms with Crippen LogP contribution in [0.25, 0.3) is 0 Å². The van der Waals surface area contributed by atoms with E-state index < -0.39 is 24.0 Å². The second kappa shape index (κ2) is 6.85. The molecule has 0 radical (unpaired) electrons. The van der Waals surface area contributed by atoms with Gasteiger partial charge in [0.2, 0.25) is 0 Å². The molecule has 2 N–H and O–H groups in total. The molecule has 0 unspecified atom stereocenters. The Morgan fingerprint density at radius 2 is 2.19 bits per heavy atom. The summed E-state index contributed by atoms with van der Waals surface area (Å²) in [5, 5.41) is 4.63. The average molecular weight is 306 g/mol. The first kappa shape index (κ1) is 15.0. The van der Waals surface area contributed by atoms with Gasteiger partial charge in [-0.15, -0.1) is 11.3 Å². The number of aromatic nitrogens is 1. The van der Waals surface area contributed by atoms with Gasteiger partial charge in [-0.25, -0.2) is 4.79 Å². The van der Waals surface area contributed by atoms with E-state index in [1.165, 1.54) is 29.7 Å². The van der Waals surface area contributed by atoms with E-state index in [1.807, 2.05) is 24.4 Å². The van der Waals surface area contributed by atoms with Crippen molar-refractivity contribution in [3.8, 4) is 0 Å². The fraction of sp³-hybridized carbons (Fsp3) is 0.214. The summed E-state index contributed by atoms with van der Waals surface area (Å²) in [6.07, 6.45) is 1.41. The Balaban J connectivity index is 1.86. The standard InChI is InChI=1S/C14H14N2O4S/c1-9(11-5-3-7-21-11)16-12(17)8-20-14(19)10-4-2-6-15-13(10)18/h2-7,9H,8H2,1H3,(H,15,18)(H,16,17)/t9-/m0/s1. The molecular weight excluding hydrogens is 292 g/mol. The minimum Gasteiger partial charge on any atom is -0.452 e. The lowest BCUT2D eigenvalue weighted by Gasteiger charge is -2.12. The third-order valence-corrected chi connectivity index (χ3v) is 3.77. The number of carbonyl (C=O) groups is 2. The van der Waals surface area contributed by atoms with Gasteiger partial charge in [0.15, 0.2) is 6.61 Å². The van der Waals surface area contributed by atoms with Crippen LogP contribution in [0.4, 0.5) is 0 Å². The van der Waals surface area contributed by atoms with Crippen molar-refractivity contribution in [1.82, 2.24) is 10.3 Å². The van der Waals surface area contributed by atoms with Crippen molar-refractivity contribution >= 4 is 23.2 Å². The fourth-order valence-electron chi connectivity index (χ4n) is 1.68. The van der Waals surface area contributed by atoms with Crippen molar-refractivity contribution in [2.45, 2.75) is 13.0 Å². The van der Waals surface area contributed by atoms with Gasteiger partial charge in [-0.2, -0.15) is 0 Å². The van der Waals surface area contributed by atoms with Gasteiger partial charge in [-0.1, -0.05) is 6.07 Å². The van der Waals surface area contributed by atoms with E-state index in [2.05, 4.69) is 10.3 Å². The molecule has 1 atom stereocenters. The number of hydrogen-bond donors (Lipinski definition) is 2. The lowest BCUT2D eigenvalue weighted by molar-refractivity contribution is -0.124. The maximum Gasteiger partial charge on any atom is 0.344 e. The molecule has 2 heterocycles. The number of carbonyl (C=O) groups excluding carboxylic acids is 2. The Morgan fingerprint density at radius 1 is 1.38 bits per heavy atom. The lowest BCUT2D eigenvalue weighted by Crippen LogP contribution is -2.31. The largest absolute Gasteiger partial charge is 0.452 e. The number of thiophene rings is 1. The predicted octanol–water partition coefficient (Wildman–Crippen LogP) is 1.47. The zero-order valence-electron chi connectivity index (χ0n) is 11.3. The summed E-state index contributed by atoms with van der Waals surface area (Å²) in [5.41, 5.74) is -0.675. The second-order valence-corrected chi connectivity index (χ2v) is 5.27. The van der Waals surface area contributed by atoms with E-state index >= 15 is 0 Å². The van der Waals surface area contributed by atoms with Gasteiger partial charge in [-0.05, 0) is 30.5 Å². The highest BCUT2D eigenvalue weighted by molar-refractivity contribution is 7.10. The SMILES string of the molecule is C[C@H](NC(=O)COC(=O)c1ccc[nH]c1=O)c1cccs1. The molecule has 1 amide bonds. The molecule has 2 aromatic rings. The highest BCUT2D eigenvalue weighted by Crippen LogP contribution is 2.17. The molecule has 7 heteroatoms. The van der Waals surface area contributed by atoms with Gasteiger partial charge in [0.05, 0.1) is 6.04 Å². The lowest BCUT2D eigenvalue weighted by atomic mass is 10.3. The summed E-state index contributed by atoms with van der Waals surface area (Å²) in [7, 11) is 0. The Bertz CT molecular complexity index is 678. The Hall–Kier alpha value is -2.41. The molecule has 21 heavy (non-hydrogen) atoms. The van der Waals surface area contributed by atoms with E-state index in [9.17, 15) is 14.4 Å². The summed E-state index contributed by atoms with van der Waals surface area (Å²) in [6.45, 7) is 1.41. The monoisotopic (exact) mass is 306 g/mol. The molecule has 2 aromatic heterocycles. The van der Waals surface area contributed by atoms with Crippen LogP contribution in [0, 0.1) is 0 Å². The first-order chi connectivity index (χ1) is 10.1. The fourth-order valence-corrected chi connectivity index (χ4v) is 2.42. The van der Waals surface area contributed by atoms with Crippen LogP contribution < -0.4 is 10.9 Å². The van der Waals surface area contributed by atoms with Crippen molar-refractivity contribution in [3.05, 3.63) is 56.6 Å². The molecule has 0 saturated carbocycles. The minimum absolute atomic E-state index is 0.128. The van der Waals surface area contributed by atoms with E-state index in [1.54, 1.807) is 0 Å². The van der Waals surface area contributed by atoms with Gasteiger partial charge >= 0.3 is 5.97 Å². The third-order valence-electron chi connectivity index (χ3n) is 2.72. The Morgan fingerprint density at radius 3 is 2.86 bits per heavy atom. The topological polar surface area (TPSA) is 88.3 Å². The van der Waals surface area contributed by atoms with Gasteiger partial charge in [0.1, 0.15) is 5.56 Å². The van der Waals surface area contributed by atoms with Crippen molar-refractivity contribution in [1.29, 1.82) is 0 Å². The van der Waals surface area contributed by atoms with Crippen molar-refractivity contribution in [2.75, 3.05) is 6.61 Å². The molecule has 110 valence electrons. The molecular formula is C14H14N2O4S. The quantitative estimate of drug-likeness (QED) is 0.819. The van der Waals surface area contributed by atoms with Crippen molar-refractivity contribution in [2.24, 2.45) is 0 Å². The number of H-pyrrole nitrogens is 1. The molecule has 0 aliphatic carbocycles. The van der Waals surface area contributed by atoms with Gasteiger partial charge in [0, 0.05) is 11.1 Å². The van der Waals surface area contributed by atoms with Crippen LogP contribution >= 0.6 is 11.3 Å². The molecule has 2 rings (SSSR count). The normalized spacial score (nSPS) is 11.7. The van der Waals surface area contributed by atoms with Crippen LogP contribution in [0.5, 0.6) is 0 Å². The van der Waals surface area contributed by atoms with Gasteiger partial charge < -0.3 is 15.0 Å². The number of hydrogen-bond acceptors (Lipinski definition) is 5. The van der Waals surface area contributed by atoms with Crippen LogP contribution in [0.3, 0.4) is 0 Å². The number of amides is 1. The number of ether oxygens (including phenoxy) is 1. The van der Waals surface area contributed by atoms with Crippen LogP contribution in [0.15, 0.2) is 40.6 Å². The molecule has 0 bridgehead atoms. The molecule has 0 spiro atoms. The van der Waals surface area contributed by atoms with E-state index in [-0.39, 0.29) is 11.6 Å². The highest BCUT2D eigenvalue weighted by Gasteiger charge is 2.15. The number of rotatable bonds is 5. The molecule has 0 aromatic carbocycles. The van der Waals surface area contributed by atoms with Gasteiger partial charge in [-0.3, -0.25) is 9.59 Å². The maximum atomic E-state index is 11.7. The maximum absolute atomic E-state index is 11.7. The summed E-state index contributed by atoms with van der Waals surface area (Å²) < 4.78 is 4.82. The molecule has 6 nitrogen and oxygen atoms in total. The molecule has 0 fully saturated rings.